The van der Waals surface area contributed by atoms with Crippen LogP contribution < -0.4 is 0 Å². The summed E-state index contributed by atoms with van der Waals surface area (Å²) in [5.74, 6) is -2.64. The Kier molecular flexibility index (Phi) is 3.06. The summed E-state index contributed by atoms with van der Waals surface area (Å²) in [5, 5.41) is 0. The van der Waals surface area contributed by atoms with Gasteiger partial charge in [-0.15, -0.1) is 0 Å². The Labute approximate surface area is 73.2 Å². The van der Waals surface area contributed by atoms with Gasteiger partial charge in [0.2, 0.25) is 0 Å². The zero-order valence-corrected chi connectivity index (χ0v) is 6.69. The molecule has 0 aliphatic heterocycles. The van der Waals surface area contributed by atoms with E-state index in [0.717, 1.165) is 18.2 Å². The van der Waals surface area contributed by atoms with Crippen LogP contribution in [-0.2, 0) is 0 Å². The van der Waals surface area contributed by atoms with Crippen molar-refractivity contribution in [1.82, 2.24) is 0 Å². The molecular weight excluding hydrogens is 181 g/mol. The Morgan fingerprint density at radius 3 is 2.46 bits per heavy atom. The maximum atomic E-state index is 12.6. The quantitative estimate of drug-likeness (QED) is 0.666. The Morgan fingerprint density at radius 1 is 1.23 bits per heavy atom. The second-order valence-corrected chi connectivity index (χ2v) is 2.49. The van der Waals surface area contributed by atoms with Crippen molar-refractivity contribution in [1.29, 1.82) is 0 Å². The van der Waals surface area contributed by atoms with Crippen molar-refractivity contribution in [2.24, 2.45) is 0 Å². The fourth-order valence-electron chi connectivity index (χ4n) is 0.900. The van der Waals surface area contributed by atoms with Crippen molar-refractivity contribution < 1.29 is 18.0 Å². The van der Waals surface area contributed by atoms with Crippen molar-refractivity contribution in [3.63, 3.8) is 0 Å². The van der Waals surface area contributed by atoms with Gasteiger partial charge in [0, 0.05) is 12.0 Å². The molecule has 0 unspecified atom stereocenters. The summed E-state index contributed by atoms with van der Waals surface area (Å²) < 4.78 is 36.7. The minimum Gasteiger partial charge on any atom is -0.294 e. The van der Waals surface area contributed by atoms with Gasteiger partial charge in [-0.1, -0.05) is 0 Å². The van der Waals surface area contributed by atoms with Gasteiger partial charge in [-0.25, -0.2) is 8.78 Å². The predicted octanol–water partition coefficient (Wildman–Crippen LogP) is 2.51. The number of carbonyl (C=O) groups excluding carboxylic acids is 1. The van der Waals surface area contributed by atoms with Gasteiger partial charge < -0.3 is 0 Å². The predicted molar refractivity (Wildman–Crippen MR) is 41.3 cm³/mol. The van der Waals surface area contributed by atoms with Crippen LogP contribution in [0.2, 0.25) is 0 Å². The molecule has 0 saturated heterocycles. The summed E-state index contributed by atoms with van der Waals surface area (Å²) in [6.07, 6.45) is -0.301. The summed E-state index contributed by atoms with van der Waals surface area (Å²) in [7, 11) is 0. The van der Waals surface area contributed by atoms with Crippen LogP contribution in [0.4, 0.5) is 13.2 Å². The monoisotopic (exact) mass is 188 g/mol. The molecule has 1 rings (SSSR count). The molecule has 70 valence electrons. The number of hydrogen-bond donors (Lipinski definition) is 0. The molecule has 0 amide bonds. The van der Waals surface area contributed by atoms with E-state index in [2.05, 4.69) is 0 Å². The molecule has 0 heterocycles. The molecule has 1 aromatic carbocycles. The van der Waals surface area contributed by atoms with Gasteiger partial charge in [-0.2, -0.15) is 0 Å². The molecule has 0 bridgehead atoms. The normalized spacial score (nSPS) is 10.1. The van der Waals surface area contributed by atoms with E-state index in [1.165, 1.54) is 0 Å². The lowest BCUT2D eigenvalue weighted by Crippen LogP contribution is -2.01. The SMILES string of the molecule is O=C(CCF)c1ccc(F)c(F)c1. The van der Waals surface area contributed by atoms with Crippen molar-refractivity contribution >= 4 is 5.78 Å². The van der Waals surface area contributed by atoms with E-state index in [1.807, 2.05) is 0 Å². The number of carbonyl (C=O) groups is 1. The zero-order valence-electron chi connectivity index (χ0n) is 6.69. The van der Waals surface area contributed by atoms with Crippen LogP contribution in [0, 0.1) is 11.6 Å². The van der Waals surface area contributed by atoms with Crippen LogP contribution >= 0.6 is 0 Å². The van der Waals surface area contributed by atoms with Gasteiger partial charge in [-0.3, -0.25) is 9.18 Å². The van der Waals surface area contributed by atoms with Crippen molar-refractivity contribution in [2.45, 2.75) is 6.42 Å². The van der Waals surface area contributed by atoms with Crippen LogP contribution in [0.1, 0.15) is 16.8 Å². The highest BCUT2D eigenvalue weighted by Crippen LogP contribution is 2.10. The number of halogens is 3. The second-order valence-electron chi connectivity index (χ2n) is 2.49. The zero-order chi connectivity index (χ0) is 9.84. The highest BCUT2D eigenvalue weighted by molar-refractivity contribution is 5.96. The van der Waals surface area contributed by atoms with E-state index < -0.39 is 24.1 Å². The van der Waals surface area contributed by atoms with Crippen LogP contribution in [0.25, 0.3) is 0 Å². The maximum absolute atomic E-state index is 12.6. The van der Waals surface area contributed by atoms with Gasteiger partial charge in [0.15, 0.2) is 17.4 Å². The molecule has 0 aliphatic carbocycles. The number of benzene rings is 1. The van der Waals surface area contributed by atoms with Gasteiger partial charge in [0.1, 0.15) is 0 Å². The van der Waals surface area contributed by atoms with Gasteiger partial charge >= 0.3 is 0 Å². The highest BCUT2D eigenvalue weighted by Gasteiger charge is 2.08. The molecule has 0 saturated carbocycles. The van der Waals surface area contributed by atoms with E-state index in [9.17, 15) is 18.0 Å². The smallest absolute Gasteiger partial charge is 0.165 e. The fraction of sp³-hybridized carbons (Fsp3) is 0.222. The molecule has 0 fully saturated rings. The van der Waals surface area contributed by atoms with Crippen molar-refractivity contribution in [3.05, 3.63) is 35.4 Å². The standard InChI is InChI=1S/C9H7F3O/c10-4-3-9(13)6-1-2-7(11)8(12)5-6/h1-2,5H,3-4H2. The van der Waals surface area contributed by atoms with E-state index >= 15 is 0 Å². The largest absolute Gasteiger partial charge is 0.294 e. The lowest BCUT2D eigenvalue weighted by Gasteiger charge is -1.98. The molecular formula is C9H7F3O. The van der Waals surface area contributed by atoms with Crippen LogP contribution in [0.3, 0.4) is 0 Å². The minimum atomic E-state index is -1.09. The molecule has 1 nitrogen and oxygen atoms in total. The molecule has 1 aromatic rings. The number of ketones is 1. The number of Topliss-reactive ketones (excluding diaryl/α,β-unsaturated/α-hetero) is 1. The summed E-state index contributed by atoms with van der Waals surface area (Å²) in [6, 6.07) is 2.75. The number of rotatable bonds is 3. The Hall–Kier alpha value is -1.32. The maximum Gasteiger partial charge on any atom is 0.165 e. The van der Waals surface area contributed by atoms with Gasteiger partial charge in [0.25, 0.3) is 0 Å². The molecule has 4 heteroatoms. The molecule has 0 N–H and O–H groups in total. The van der Waals surface area contributed by atoms with E-state index in [-0.39, 0.29) is 12.0 Å². The third-order valence-electron chi connectivity index (χ3n) is 1.56. The third-order valence-corrected chi connectivity index (χ3v) is 1.56. The summed E-state index contributed by atoms with van der Waals surface area (Å²) in [6.45, 7) is -0.794. The highest BCUT2D eigenvalue weighted by atomic mass is 19.2. The van der Waals surface area contributed by atoms with Crippen LogP contribution in [0.5, 0.6) is 0 Å². The molecule has 0 spiro atoms. The molecule has 13 heavy (non-hydrogen) atoms. The second kappa shape index (κ2) is 4.07. The fourth-order valence-corrected chi connectivity index (χ4v) is 0.900. The minimum absolute atomic E-state index is 0.00319. The Morgan fingerprint density at radius 2 is 1.92 bits per heavy atom. The lowest BCUT2D eigenvalue weighted by molar-refractivity contribution is 0.0973. The van der Waals surface area contributed by atoms with Crippen LogP contribution in [-0.4, -0.2) is 12.5 Å². The van der Waals surface area contributed by atoms with E-state index in [4.69, 9.17) is 0 Å². The molecule has 0 radical (unpaired) electrons. The summed E-state index contributed by atoms with van der Waals surface area (Å²) in [5.41, 5.74) is -0.00319. The first-order valence-electron chi connectivity index (χ1n) is 3.69. The van der Waals surface area contributed by atoms with Gasteiger partial charge in [0.05, 0.1) is 6.67 Å². The van der Waals surface area contributed by atoms with Crippen LogP contribution in [0.15, 0.2) is 18.2 Å². The first-order chi connectivity index (χ1) is 6.15. The number of hydrogen-bond acceptors (Lipinski definition) is 1. The lowest BCUT2D eigenvalue weighted by atomic mass is 10.1. The third kappa shape index (κ3) is 2.31. The molecule has 0 atom stereocenters. The van der Waals surface area contributed by atoms with Gasteiger partial charge in [-0.05, 0) is 18.2 Å². The topological polar surface area (TPSA) is 17.1 Å². The average Bonchev–Trinajstić information content (AvgIpc) is 2.10. The average molecular weight is 188 g/mol. The van der Waals surface area contributed by atoms with Crippen molar-refractivity contribution in [2.75, 3.05) is 6.67 Å². The summed E-state index contributed by atoms with van der Waals surface area (Å²) >= 11 is 0. The van der Waals surface area contributed by atoms with E-state index in [1.54, 1.807) is 0 Å². The summed E-state index contributed by atoms with van der Waals surface area (Å²) in [4.78, 5) is 11.0. The Bertz CT molecular complexity index is 323. The van der Waals surface area contributed by atoms with E-state index in [0.29, 0.717) is 0 Å². The first-order valence-corrected chi connectivity index (χ1v) is 3.69. The Balaban J connectivity index is 2.90. The molecule has 0 aliphatic rings. The first kappa shape index (κ1) is 9.77. The molecule has 0 aromatic heterocycles. The van der Waals surface area contributed by atoms with Crippen molar-refractivity contribution in [3.8, 4) is 0 Å². The number of alkyl halides is 1.